The third-order valence-corrected chi connectivity index (χ3v) is 5.28. The van der Waals surface area contributed by atoms with Crippen LogP contribution < -0.4 is 5.32 Å². The molecule has 7 heteroatoms. The van der Waals surface area contributed by atoms with Gasteiger partial charge in [-0.3, -0.25) is 14.8 Å². The van der Waals surface area contributed by atoms with Crippen LogP contribution in [0.3, 0.4) is 0 Å². The number of benzene rings is 1. The summed E-state index contributed by atoms with van der Waals surface area (Å²) in [5, 5.41) is 10.6. The summed E-state index contributed by atoms with van der Waals surface area (Å²) >= 11 is 1.41. The Morgan fingerprint density at radius 1 is 1.19 bits per heavy atom. The minimum atomic E-state index is -0.227. The van der Waals surface area contributed by atoms with Gasteiger partial charge in [0, 0.05) is 29.6 Å². The summed E-state index contributed by atoms with van der Waals surface area (Å²) in [6, 6.07) is 8.09. The normalized spacial score (nSPS) is 11.1. The highest BCUT2D eigenvalue weighted by Gasteiger charge is 2.14. The smallest absolute Gasteiger partial charge is 0.259 e. The topological polar surface area (TPSA) is 72.7 Å². The van der Waals surface area contributed by atoms with Crippen LogP contribution in [0.25, 0.3) is 22.3 Å². The molecule has 0 aliphatic rings. The van der Waals surface area contributed by atoms with Crippen LogP contribution in [0.15, 0.2) is 35.8 Å². The lowest BCUT2D eigenvalue weighted by Gasteiger charge is -2.04. The molecule has 1 amide bonds. The van der Waals surface area contributed by atoms with Gasteiger partial charge in [-0.1, -0.05) is 17.7 Å². The first-order valence-corrected chi connectivity index (χ1v) is 9.44. The zero-order valence-corrected chi connectivity index (χ0v) is 16.4. The van der Waals surface area contributed by atoms with Gasteiger partial charge in [0.15, 0.2) is 10.8 Å². The number of amides is 1. The summed E-state index contributed by atoms with van der Waals surface area (Å²) in [5.74, 6) is -0.227. The van der Waals surface area contributed by atoms with Gasteiger partial charge in [-0.25, -0.2) is 9.97 Å². The van der Waals surface area contributed by atoms with Crippen LogP contribution >= 0.6 is 11.3 Å². The molecule has 3 aromatic heterocycles. The molecule has 0 bridgehead atoms. The van der Waals surface area contributed by atoms with E-state index in [1.165, 1.54) is 16.9 Å². The number of carbonyl (C=O) groups excluding carboxylic acids is 1. The van der Waals surface area contributed by atoms with Crippen molar-refractivity contribution in [2.24, 2.45) is 7.05 Å². The Hall–Kier alpha value is -3.06. The largest absolute Gasteiger partial charge is 0.298 e. The van der Waals surface area contributed by atoms with E-state index in [4.69, 9.17) is 0 Å². The van der Waals surface area contributed by atoms with Crippen LogP contribution in [0.2, 0.25) is 0 Å². The van der Waals surface area contributed by atoms with E-state index in [-0.39, 0.29) is 5.91 Å². The third kappa shape index (κ3) is 3.21. The van der Waals surface area contributed by atoms with Gasteiger partial charge >= 0.3 is 0 Å². The predicted octanol–water partition coefficient (Wildman–Crippen LogP) is 4.27. The SMILES string of the molecule is Cc1ccc(C)c(-c2csc(NC(=O)c3cnc4c(c3)c(C)nn4C)n2)c1. The molecule has 0 aliphatic heterocycles. The summed E-state index contributed by atoms with van der Waals surface area (Å²) in [4.78, 5) is 21.6. The van der Waals surface area contributed by atoms with E-state index in [1.54, 1.807) is 10.9 Å². The van der Waals surface area contributed by atoms with Crippen LogP contribution in [-0.2, 0) is 7.05 Å². The quantitative estimate of drug-likeness (QED) is 0.579. The predicted molar refractivity (Wildman–Crippen MR) is 108 cm³/mol. The second kappa shape index (κ2) is 6.59. The number of aryl methyl sites for hydroxylation is 4. The summed E-state index contributed by atoms with van der Waals surface area (Å²) in [7, 11) is 1.84. The Morgan fingerprint density at radius 3 is 2.81 bits per heavy atom. The lowest BCUT2D eigenvalue weighted by Crippen LogP contribution is -2.12. The summed E-state index contributed by atoms with van der Waals surface area (Å²) in [6.45, 7) is 6.02. The Labute approximate surface area is 160 Å². The van der Waals surface area contributed by atoms with E-state index in [1.807, 2.05) is 25.4 Å². The molecule has 0 saturated heterocycles. The third-order valence-electron chi connectivity index (χ3n) is 4.52. The van der Waals surface area contributed by atoms with E-state index in [0.29, 0.717) is 10.7 Å². The van der Waals surface area contributed by atoms with Crippen molar-refractivity contribution in [3.05, 3.63) is 58.2 Å². The van der Waals surface area contributed by atoms with E-state index in [0.717, 1.165) is 33.5 Å². The number of hydrogen-bond acceptors (Lipinski definition) is 5. The molecule has 1 N–H and O–H groups in total. The molecule has 0 radical (unpaired) electrons. The van der Waals surface area contributed by atoms with Crippen molar-refractivity contribution in [2.75, 3.05) is 5.32 Å². The first-order chi connectivity index (χ1) is 12.9. The van der Waals surface area contributed by atoms with Crippen molar-refractivity contribution in [1.29, 1.82) is 0 Å². The molecule has 0 atom stereocenters. The Kier molecular flexibility index (Phi) is 4.24. The van der Waals surface area contributed by atoms with E-state index in [2.05, 4.69) is 52.4 Å². The average molecular weight is 377 g/mol. The number of thiazole rings is 1. The molecule has 4 rings (SSSR count). The maximum Gasteiger partial charge on any atom is 0.259 e. The number of aromatic nitrogens is 4. The number of nitrogens with one attached hydrogen (secondary N) is 1. The number of fused-ring (bicyclic) bond motifs is 1. The minimum Gasteiger partial charge on any atom is -0.298 e. The van der Waals surface area contributed by atoms with Gasteiger partial charge in [0.25, 0.3) is 5.91 Å². The molecular weight excluding hydrogens is 358 g/mol. The molecule has 0 aliphatic carbocycles. The highest BCUT2D eigenvalue weighted by atomic mass is 32.1. The maximum absolute atomic E-state index is 12.6. The van der Waals surface area contributed by atoms with Crippen LogP contribution in [0, 0.1) is 20.8 Å². The fourth-order valence-electron chi connectivity index (χ4n) is 3.07. The number of anilines is 1. The standard InChI is InChI=1S/C20H19N5OS/c1-11-5-6-12(2)15(7-11)17-10-27-20(22-17)23-19(26)14-8-16-13(3)24-25(4)18(16)21-9-14/h5-10H,1-4H3,(H,22,23,26). The number of pyridine rings is 1. The van der Waals surface area contributed by atoms with Crippen molar-refractivity contribution in [3.63, 3.8) is 0 Å². The molecule has 136 valence electrons. The van der Waals surface area contributed by atoms with E-state index >= 15 is 0 Å². The molecule has 0 saturated carbocycles. The van der Waals surface area contributed by atoms with Gasteiger partial charge in [-0.2, -0.15) is 5.10 Å². The molecule has 4 aromatic rings. The van der Waals surface area contributed by atoms with Crippen molar-refractivity contribution >= 4 is 33.4 Å². The van der Waals surface area contributed by atoms with Crippen molar-refractivity contribution in [2.45, 2.75) is 20.8 Å². The van der Waals surface area contributed by atoms with Crippen LogP contribution in [0.5, 0.6) is 0 Å². The summed E-state index contributed by atoms with van der Waals surface area (Å²) in [6.07, 6.45) is 1.57. The minimum absolute atomic E-state index is 0.227. The van der Waals surface area contributed by atoms with E-state index < -0.39 is 0 Å². The first-order valence-electron chi connectivity index (χ1n) is 8.56. The monoisotopic (exact) mass is 377 g/mol. The zero-order chi connectivity index (χ0) is 19.1. The Balaban J connectivity index is 1.59. The summed E-state index contributed by atoms with van der Waals surface area (Å²) < 4.78 is 1.71. The van der Waals surface area contributed by atoms with Crippen molar-refractivity contribution < 1.29 is 4.79 Å². The van der Waals surface area contributed by atoms with Gasteiger partial charge in [0.2, 0.25) is 0 Å². The molecule has 3 heterocycles. The van der Waals surface area contributed by atoms with Gasteiger partial charge in [-0.15, -0.1) is 11.3 Å². The molecule has 6 nitrogen and oxygen atoms in total. The van der Waals surface area contributed by atoms with Gasteiger partial charge < -0.3 is 0 Å². The molecule has 0 spiro atoms. The first kappa shape index (κ1) is 17.4. The average Bonchev–Trinajstić information content (AvgIpc) is 3.21. The highest BCUT2D eigenvalue weighted by molar-refractivity contribution is 7.14. The lowest BCUT2D eigenvalue weighted by molar-refractivity contribution is 0.102. The van der Waals surface area contributed by atoms with Crippen molar-refractivity contribution in [3.8, 4) is 11.3 Å². The molecule has 0 fully saturated rings. The van der Waals surface area contributed by atoms with Crippen LogP contribution in [0.4, 0.5) is 5.13 Å². The number of rotatable bonds is 3. The lowest BCUT2D eigenvalue weighted by atomic mass is 10.0. The number of hydrogen-bond donors (Lipinski definition) is 1. The molecule has 0 unspecified atom stereocenters. The summed E-state index contributed by atoms with van der Waals surface area (Å²) in [5.41, 5.74) is 6.39. The fourth-order valence-corrected chi connectivity index (χ4v) is 3.77. The van der Waals surface area contributed by atoms with Gasteiger partial charge in [0.05, 0.1) is 17.0 Å². The highest BCUT2D eigenvalue weighted by Crippen LogP contribution is 2.28. The Morgan fingerprint density at radius 2 is 2.00 bits per heavy atom. The Bertz CT molecular complexity index is 1170. The van der Waals surface area contributed by atoms with E-state index in [9.17, 15) is 4.79 Å². The van der Waals surface area contributed by atoms with Crippen LogP contribution in [0.1, 0.15) is 27.2 Å². The van der Waals surface area contributed by atoms with Crippen LogP contribution in [-0.4, -0.2) is 25.7 Å². The van der Waals surface area contributed by atoms with Gasteiger partial charge in [0.1, 0.15) is 0 Å². The second-order valence-corrected chi connectivity index (χ2v) is 7.47. The fraction of sp³-hybridized carbons (Fsp3) is 0.200. The second-order valence-electron chi connectivity index (χ2n) is 6.61. The van der Waals surface area contributed by atoms with Crippen molar-refractivity contribution in [1.82, 2.24) is 19.7 Å². The number of nitrogens with zero attached hydrogens (tertiary/aromatic N) is 4. The zero-order valence-electron chi connectivity index (χ0n) is 15.6. The maximum atomic E-state index is 12.6. The molecular formula is C20H19N5OS. The van der Waals surface area contributed by atoms with Gasteiger partial charge in [-0.05, 0) is 38.5 Å². The molecule has 1 aromatic carbocycles. The number of carbonyl (C=O) groups is 1. The molecule has 27 heavy (non-hydrogen) atoms.